The average Bonchev–Trinajstić information content (AvgIpc) is 3.30. The van der Waals surface area contributed by atoms with Crippen LogP contribution in [0.1, 0.15) is 25.7 Å². The van der Waals surface area contributed by atoms with Crippen molar-refractivity contribution in [3.05, 3.63) is 41.2 Å². The zero-order chi connectivity index (χ0) is 19.8. The average molecular weight is 433 g/mol. The van der Waals surface area contributed by atoms with E-state index >= 15 is 0 Å². The van der Waals surface area contributed by atoms with Gasteiger partial charge in [-0.2, -0.15) is 11.8 Å². The standard InChI is InChI=1S/C22H26ClFN4S/c23-20-2-1-16(24)11-19(20)21-3-4-22(27-26-21)25-17-9-14-12-28(13-15(14)10-17)18-5-7-29-8-6-18/h1-4,11,14-15,17-18H,5-10,12-13H2,(H,25,27)/t14-,15?,17+/m1/s1. The summed E-state index contributed by atoms with van der Waals surface area (Å²) in [6.45, 7) is 2.53. The van der Waals surface area contributed by atoms with Crippen LogP contribution in [0.15, 0.2) is 30.3 Å². The number of halogens is 2. The van der Waals surface area contributed by atoms with Crippen molar-refractivity contribution in [3.63, 3.8) is 0 Å². The fourth-order valence-electron chi connectivity index (χ4n) is 5.26. The lowest BCUT2D eigenvalue weighted by molar-refractivity contribution is 0.211. The van der Waals surface area contributed by atoms with Gasteiger partial charge >= 0.3 is 0 Å². The molecule has 1 aromatic heterocycles. The monoisotopic (exact) mass is 432 g/mol. The van der Waals surface area contributed by atoms with E-state index in [1.807, 2.05) is 12.1 Å². The highest BCUT2D eigenvalue weighted by atomic mass is 35.5. The number of thioether (sulfide) groups is 1. The summed E-state index contributed by atoms with van der Waals surface area (Å²) in [5.74, 6) is 4.73. The number of likely N-dealkylation sites (tertiary alicyclic amines) is 1. The molecule has 0 bridgehead atoms. The first-order chi connectivity index (χ1) is 14.2. The van der Waals surface area contributed by atoms with Gasteiger partial charge in [-0.1, -0.05) is 11.6 Å². The quantitative estimate of drug-likeness (QED) is 0.739. The van der Waals surface area contributed by atoms with Gasteiger partial charge in [0.05, 0.1) is 10.7 Å². The molecule has 29 heavy (non-hydrogen) atoms. The van der Waals surface area contributed by atoms with Crippen molar-refractivity contribution in [1.29, 1.82) is 0 Å². The maximum atomic E-state index is 13.5. The zero-order valence-corrected chi connectivity index (χ0v) is 17.9. The summed E-state index contributed by atoms with van der Waals surface area (Å²) in [7, 11) is 0. The molecule has 3 heterocycles. The van der Waals surface area contributed by atoms with Crippen molar-refractivity contribution < 1.29 is 4.39 Å². The smallest absolute Gasteiger partial charge is 0.148 e. The van der Waals surface area contributed by atoms with Crippen LogP contribution >= 0.6 is 23.4 Å². The predicted octanol–water partition coefficient (Wildman–Crippen LogP) is 4.95. The maximum absolute atomic E-state index is 13.5. The molecule has 3 atom stereocenters. The second kappa shape index (κ2) is 8.40. The molecular weight excluding hydrogens is 407 g/mol. The lowest BCUT2D eigenvalue weighted by atomic mass is 10.0. The van der Waals surface area contributed by atoms with Crippen molar-refractivity contribution in [3.8, 4) is 11.3 Å². The largest absolute Gasteiger partial charge is 0.366 e. The first kappa shape index (κ1) is 19.6. The number of benzene rings is 1. The highest BCUT2D eigenvalue weighted by Crippen LogP contribution is 2.41. The van der Waals surface area contributed by atoms with Gasteiger partial charge < -0.3 is 5.32 Å². The van der Waals surface area contributed by atoms with Crippen LogP contribution in [-0.2, 0) is 0 Å². The van der Waals surface area contributed by atoms with E-state index in [0.717, 1.165) is 23.7 Å². The Morgan fingerprint density at radius 1 is 1.03 bits per heavy atom. The Kier molecular flexibility index (Phi) is 5.67. The van der Waals surface area contributed by atoms with E-state index in [1.54, 1.807) is 6.07 Å². The third-order valence-electron chi connectivity index (χ3n) is 6.71. The third-order valence-corrected chi connectivity index (χ3v) is 8.09. The second-order valence-electron chi connectivity index (χ2n) is 8.56. The molecule has 1 N–H and O–H groups in total. The van der Waals surface area contributed by atoms with Gasteiger partial charge in [0.1, 0.15) is 11.6 Å². The van der Waals surface area contributed by atoms with Crippen molar-refractivity contribution in [1.82, 2.24) is 15.1 Å². The summed E-state index contributed by atoms with van der Waals surface area (Å²) in [4.78, 5) is 2.77. The van der Waals surface area contributed by atoms with Gasteiger partial charge in [-0.05, 0) is 79.4 Å². The van der Waals surface area contributed by atoms with Crippen LogP contribution in [0.5, 0.6) is 0 Å². The molecule has 0 spiro atoms. The summed E-state index contributed by atoms with van der Waals surface area (Å²) in [6.07, 6.45) is 5.15. The molecule has 2 aromatic rings. The molecular formula is C22H26ClFN4S. The van der Waals surface area contributed by atoms with Gasteiger partial charge in [0.25, 0.3) is 0 Å². The predicted molar refractivity (Wildman–Crippen MR) is 118 cm³/mol. The number of fused-ring (bicyclic) bond motifs is 1. The molecule has 154 valence electrons. The van der Waals surface area contributed by atoms with E-state index in [9.17, 15) is 4.39 Å². The first-order valence-electron chi connectivity index (χ1n) is 10.5. The van der Waals surface area contributed by atoms with Crippen LogP contribution in [0, 0.1) is 17.7 Å². The normalized spacial score (nSPS) is 27.9. The molecule has 3 aliphatic rings. The number of anilines is 1. The van der Waals surface area contributed by atoms with E-state index < -0.39 is 0 Å². The van der Waals surface area contributed by atoms with Crippen LogP contribution in [0.2, 0.25) is 5.02 Å². The van der Waals surface area contributed by atoms with Crippen LogP contribution in [0.25, 0.3) is 11.3 Å². The van der Waals surface area contributed by atoms with Crippen molar-refractivity contribution in [2.75, 3.05) is 29.9 Å². The van der Waals surface area contributed by atoms with Gasteiger partial charge in [-0.3, -0.25) is 4.90 Å². The summed E-state index contributed by atoms with van der Waals surface area (Å²) in [5, 5.41) is 12.6. The van der Waals surface area contributed by atoms with E-state index in [0.29, 0.717) is 22.3 Å². The zero-order valence-electron chi connectivity index (χ0n) is 16.4. The molecule has 1 saturated carbocycles. The molecule has 3 fully saturated rings. The Bertz CT molecular complexity index is 844. The number of aromatic nitrogens is 2. The second-order valence-corrected chi connectivity index (χ2v) is 10.2. The Morgan fingerprint density at radius 3 is 2.48 bits per heavy atom. The van der Waals surface area contributed by atoms with Crippen molar-refractivity contribution in [2.45, 2.75) is 37.8 Å². The Hall–Kier alpha value is -1.37. The first-order valence-corrected chi connectivity index (χ1v) is 12.1. The summed E-state index contributed by atoms with van der Waals surface area (Å²) in [6, 6.07) is 9.35. The summed E-state index contributed by atoms with van der Waals surface area (Å²) >= 11 is 8.28. The summed E-state index contributed by atoms with van der Waals surface area (Å²) in [5.41, 5.74) is 1.16. The Balaban J connectivity index is 1.18. The highest BCUT2D eigenvalue weighted by molar-refractivity contribution is 7.99. The molecule has 5 rings (SSSR count). The van der Waals surface area contributed by atoms with E-state index in [2.05, 4.69) is 32.2 Å². The number of nitrogens with zero attached hydrogens (tertiary/aromatic N) is 3. The number of hydrogen-bond donors (Lipinski definition) is 1. The lowest BCUT2D eigenvalue weighted by Crippen LogP contribution is -2.37. The van der Waals surface area contributed by atoms with E-state index in [-0.39, 0.29) is 5.82 Å². The molecule has 7 heteroatoms. The highest BCUT2D eigenvalue weighted by Gasteiger charge is 2.42. The van der Waals surface area contributed by atoms with Crippen LogP contribution < -0.4 is 5.32 Å². The molecule has 1 unspecified atom stereocenters. The molecule has 1 aromatic carbocycles. The SMILES string of the molecule is Fc1ccc(Cl)c(-c2ccc(N[C@@H]3CC4CN(C5CCSCC5)C[C@H]4C3)nn2)c1. The van der Waals surface area contributed by atoms with E-state index in [1.165, 1.54) is 62.4 Å². The lowest BCUT2D eigenvalue weighted by Gasteiger charge is -2.31. The van der Waals surface area contributed by atoms with Gasteiger partial charge in [-0.15, -0.1) is 10.2 Å². The molecule has 2 saturated heterocycles. The molecule has 4 nitrogen and oxygen atoms in total. The van der Waals surface area contributed by atoms with Crippen molar-refractivity contribution in [2.24, 2.45) is 11.8 Å². The fourth-order valence-corrected chi connectivity index (χ4v) is 6.55. The molecule has 0 radical (unpaired) electrons. The van der Waals surface area contributed by atoms with E-state index in [4.69, 9.17) is 11.6 Å². The van der Waals surface area contributed by atoms with Crippen LogP contribution in [-0.4, -0.2) is 51.8 Å². The van der Waals surface area contributed by atoms with Gasteiger partial charge in [0.2, 0.25) is 0 Å². The topological polar surface area (TPSA) is 41.0 Å². The molecule has 0 amide bonds. The van der Waals surface area contributed by atoms with Gasteiger partial charge in [-0.25, -0.2) is 4.39 Å². The van der Waals surface area contributed by atoms with Crippen LogP contribution in [0.4, 0.5) is 10.2 Å². The minimum absolute atomic E-state index is 0.327. The third kappa shape index (κ3) is 4.25. The fraction of sp³-hybridized carbons (Fsp3) is 0.545. The number of rotatable bonds is 4. The van der Waals surface area contributed by atoms with Crippen LogP contribution in [0.3, 0.4) is 0 Å². The van der Waals surface area contributed by atoms with Crippen molar-refractivity contribution >= 4 is 29.2 Å². The minimum Gasteiger partial charge on any atom is -0.366 e. The summed E-state index contributed by atoms with van der Waals surface area (Å²) < 4.78 is 13.5. The van der Waals surface area contributed by atoms with Gasteiger partial charge in [0, 0.05) is 30.7 Å². The Labute approximate surface area is 180 Å². The Morgan fingerprint density at radius 2 is 1.79 bits per heavy atom. The maximum Gasteiger partial charge on any atom is 0.148 e. The number of nitrogens with one attached hydrogen (secondary N) is 1. The molecule has 1 aliphatic carbocycles. The minimum atomic E-state index is -0.327. The number of hydrogen-bond acceptors (Lipinski definition) is 5. The molecule has 2 aliphatic heterocycles. The van der Waals surface area contributed by atoms with Gasteiger partial charge in [0.15, 0.2) is 0 Å².